The Morgan fingerprint density at radius 2 is 1.84 bits per heavy atom. The van der Waals surface area contributed by atoms with Gasteiger partial charge >= 0.3 is 5.97 Å². The fourth-order valence-corrected chi connectivity index (χ4v) is 2.38. The maximum Gasteiger partial charge on any atom is 0.326 e. The molecule has 0 aromatic carbocycles. The first-order valence-corrected chi connectivity index (χ1v) is 6.98. The lowest BCUT2D eigenvalue weighted by molar-refractivity contribution is -0.160. The third-order valence-electron chi connectivity index (χ3n) is 3.16. The molecule has 0 aromatic rings. The fourth-order valence-electron chi connectivity index (χ4n) is 2.38. The number of carbonyl (C=O) groups is 2. The first-order valence-electron chi connectivity index (χ1n) is 6.98. The van der Waals surface area contributed by atoms with Crippen LogP contribution in [0.1, 0.15) is 53.4 Å². The third-order valence-corrected chi connectivity index (χ3v) is 3.16. The van der Waals surface area contributed by atoms with Crippen molar-refractivity contribution in [1.29, 1.82) is 0 Å². The molecule has 1 fully saturated rings. The highest BCUT2D eigenvalue weighted by Gasteiger charge is 2.31. The molecular formula is C14H26N2O3. The van der Waals surface area contributed by atoms with Gasteiger partial charge in [-0.3, -0.25) is 9.59 Å². The van der Waals surface area contributed by atoms with Gasteiger partial charge in [-0.15, -0.1) is 0 Å². The number of carbonyl (C=O) groups excluding carboxylic acids is 2. The van der Waals surface area contributed by atoms with Gasteiger partial charge in [0.15, 0.2) is 0 Å². The first kappa shape index (κ1) is 16.0. The second-order valence-electron chi connectivity index (χ2n) is 6.28. The Balaban J connectivity index is 2.69. The van der Waals surface area contributed by atoms with Crippen molar-refractivity contribution in [2.75, 3.05) is 6.54 Å². The van der Waals surface area contributed by atoms with Crippen molar-refractivity contribution in [3.05, 3.63) is 0 Å². The summed E-state index contributed by atoms with van der Waals surface area (Å²) in [7, 11) is 0. The van der Waals surface area contributed by atoms with Gasteiger partial charge in [0.1, 0.15) is 12.1 Å². The number of hydrogen-bond donors (Lipinski definition) is 1. The lowest BCUT2D eigenvalue weighted by atomic mass is 10.1. The van der Waals surface area contributed by atoms with Crippen LogP contribution in [0.25, 0.3) is 0 Å². The van der Waals surface area contributed by atoms with Crippen molar-refractivity contribution in [2.45, 2.75) is 71.1 Å². The molecule has 0 aromatic heterocycles. The number of hydrogen-bond acceptors (Lipinski definition) is 4. The molecule has 0 radical (unpaired) electrons. The molecule has 1 aliphatic carbocycles. The van der Waals surface area contributed by atoms with E-state index < -0.39 is 11.6 Å². The van der Waals surface area contributed by atoms with E-state index >= 15 is 0 Å². The topological polar surface area (TPSA) is 72.6 Å². The average molecular weight is 270 g/mol. The fraction of sp³-hybridized carbons (Fsp3) is 0.857. The second-order valence-corrected chi connectivity index (χ2v) is 6.28. The van der Waals surface area contributed by atoms with Crippen molar-refractivity contribution in [2.24, 2.45) is 5.73 Å². The SMILES string of the molecule is C[C@H](N)C(=O)N(CC(=O)OC(C)(C)C)C1CCCC1. The molecule has 0 unspecified atom stereocenters. The minimum Gasteiger partial charge on any atom is -0.459 e. The molecule has 1 saturated carbocycles. The molecular weight excluding hydrogens is 244 g/mol. The molecule has 1 rings (SSSR count). The predicted molar refractivity (Wildman–Crippen MR) is 73.5 cm³/mol. The molecule has 110 valence electrons. The number of amides is 1. The van der Waals surface area contributed by atoms with E-state index in [4.69, 9.17) is 10.5 Å². The predicted octanol–water partition coefficient (Wildman–Crippen LogP) is 1.45. The van der Waals surface area contributed by atoms with Crippen LogP contribution in [0.4, 0.5) is 0 Å². The van der Waals surface area contributed by atoms with Gasteiger partial charge in [-0.25, -0.2) is 0 Å². The van der Waals surface area contributed by atoms with Crippen LogP contribution in [0.5, 0.6) is 0 Å². The standard InChI is InChI=1S/C14H26N2O3/c1-10(15)13(18)16(11-7-5-6-8-11)9-12(17)19-14(2,3)4/h10-11H,5-9,15H2,1-4H3/t10-/m0/s1. The molecule has 0 spiro atoms. The molecule has 5 heteroatoms. The molecule has 5 nitrogen and oxygen atoms in total. The largest absolute Gasteiger partial charge is 0.459 e. The van der Waals surface area contributed by atoms with Crippen LogP contribution < -0.4 is 5.73 Å². The lowest BCUT2D eigenvalue weighted by Gasteiger charge is -2.30. The van der Waals surface area contributed by atoms with Crippen LogP contribution in [0.15, 0.2) is 0 Å². The molecule has 1 atom stereocenters. The van der Waals surface area contributed by atoms with Gasteiger partial charge in [0, 0.05) is 6.04 Å². The van der Waals surface area contributed by atoms with Crippen LogP contribution in [-0.2, 0) is 14.3 Å². The van der Waals surface area contributed by atoms with E-state index in [2.05, 4.69) is 0 Å². The Morgan fingerprint density at radius 1 is 1.32 bits per heavy atom. The Hall–Kier alpha value is -1.10. The maximum atomic E-state index is 12.1. The zero-order valence-corrected chi connectivity index (χ0v) is 12.4. The lowest BCUT2D eigenvalue weighted by Crippen LogP contribution is -2.49. The Bertz CT molecular complexity index is 328. The molecule has 0 aliphatic heterocycles. The molecule has 19 heavy (non-hydrogen) atoms. The van der Waals surface area contributed by atoms with E-state index in [-0.39, 0.29) is 24.5 Å². The number of nitrogens with two attached hydrogens (primary N) is 1. The monoisotopic (exact) mass is 270 g/mol. The molecule has 2 N–H and O–H groups in total. The van der Waals surface area contributed by atoms with Crippen LogP contribution in [0.2, 0.25) is 0 Å². The molecule has 1 amide bonds. The van der Waals surface area contributed by atoms with Gasteiger partial charge in [-0.05, 0) is 40.5 Å². The number of ether oxygens (including phenoxy) is 1. The highest BCUT2D eigenvalue weighted by atomic mass is 16.6. The summed E-state index contributed by atoms with van der Waals surface area (Å²) in [4.78, 5) is 25.6. The summed E-state index contributed by atoms with van der Waals surface area (Å²) in [5.41, 5.74) is 5.13. The third kappa shape index (κ3) is 5.19. The Kier molecular flexibility index (Phi) is 5.35. The summed E-state index contributed by atoms with van der Waals surface area (Å²) in [6, 6.07) is -0.450. The van der Waals surface area contributed by atoms with Crippen molar-refractivity contribution in [3.63, 3.8) is 0 Å². The minimum atomic E-state index is -0.581. The Morgan fingerprint density at radius 3 is 2.26 bits per heavy atom. The van der Waals surface area contributed by atoms with Gasteiger partial charge in [-0.2, -0.15) is 0 Å². The van der Waals surface area contributed by atoms with Gasteiger partial charge in [-0.1, -0.05) is 12.8 Å². The smallest absolute Gasteiger partial charge is 0.326 e. The summed E-state index contributed by atoms with van der Waals surface area (Å²) < 4.78 is 5.28. The molecule has 0 heterocycles. The summed E-state index contributed by atoms with van der Waals surface area (Å²) in [5.74, 6) is -0.536. The number of esters is 1. The highest BCUT2D eigenvalue weighted by molar-refractivity contribution is 5.85. The minimum absolute atomic E-state index is 0.00229. The summed E-state index contributed by atoms with van der Waals surface area (Å²) in [5, 5.41) is 0. The average Bonchev–Trinajstić information content (AvgIpc) is 2.75. The normalized spacial score (nSPS) is 18.2. The van der Waals surface area contributed by atoms with E-state index in [9.17, 15) is 9.59 Å². The number of nitrogens with zero attached hydrogens (tertiary/aromatic N) is 1. The highest BCUT2D eigenvalue weighted by Crippen LogP contribution is 2.24. The van der Waals surface area contributed by atoms with E-state index in [1.165, 1.54) is 0 Å². The van der Waals surface area contributed by atoms with E-state index in [1.54, 1.807) is 11.8 Å². The van der Waals surface area contributed by atoms with Gasteiger partial charge < -0.3 is 15.4 Å². The maximum absolute atomic E-state index is 12.1. The van der Waals surface area contributed by atoms with Crippen LogP contribution in [-0.4, -0.2) is 41.0 Å². The van der Waals surface area contributed by atoms with Crippen LogP contribution >= 0.6 is 0 Å². The second kappa shape index (κ2) is 6.37. The van der Waals surface area contributed by atoms with Crippen LogP contribution in [0, 0.1) is 0 Å². The van der Waals surface area contributed by atoms with Gasteiger partial charge in [0.25, 0.3) is 0 Å². The quantitative estimate of drug-likeness (QED) is 0.785. The molecule has 1 aliphatic rings. The molecule has 0 bridgehead atoms. The van der Waals surface area contributed by atoms with Gasteiger partial charge in [0.2, 0.25) is 5.91 Å². The zero-order chi connectivity index (χ0) is 14.6. The summed E-state index contributed by atoms with van der Waals surface area (Å²) in [6.07, 6.45) is 4.09. The van der Waals surface area contributed by atoms with Crippen LogP contribution in [0.3, 0.4) is 0 Å². The van der Waals surface area contributed by atoms with E-state index in [0.29, 0.717) is 0 Å². The zero-order valence-electron chi connectivity index (χ0n) is 12.4. The van der Waals surface area contributed by atoms with Crippen molar-refractivity contribution >= 4 is 11.9 Å². The van der Waals surface area contributed by atoms with E-state index in [1.807, 2.05) is 20.8 Å². The summed E-state index contributed by atoms with van der Waals surface area (Å²) >= 11 is 0. The summed E-state index contributed by atoms with van der Waals surface area (Å²) in [6.45, 7) is 7.11. The van der Waals surface area contributed by atoms with Crippen molar-refractivity contribution < 1.29 is 14.3 Å². The van der Waals surface area contributed by atoms with E-state index in [0.717, 1.165) is 25.7 Å². The Labute approximate surface area is 115 Å². The van der Waals surface area contributed by atoms with Gasteiger partial charge in [0.05, 0.1) is 6.04 Å². The first-order chi connectivity index (χ1) is 8.70. The number of rotatable bonds is 4. The van der Waals surface area contributed by atoms with Crippen molar-refractivity contribution in [3.8, 4) is 0 Å². The molecule has 0 saturated heterocycles. The van der Waals surface area contributed by atoms with Crippen molar-refractivity contribution in [1.82, 2.24) is 4.90 Å².